The van der Waals surface area contributed by atoms with Crippen molar-refractivity contribution < 1.29 is 18.0 Å². The van der Waals surface area contributed by atoms with E-state index in [1.54, 1.807) is 17.0 Å². The number of carbonyl (C=O) groups excluding carboxylic acids is 2. The normalized spacial score (nSPS) is 16.9. The minimum atomic E-state index is -3.67. The first-order chi connectivity index (χ1) is 18.8. The van der Waals surface area contributed by atoms with Crippen LogP contribution in [0.3, 0.4) is 0 Å². The first-order valence-corrected chi connectivity index (χ1v) is 15.4. The van der Waals surface area contributed by atoms with E-state index < -0.39 is 16.1 Å². The first kappa shape index (κ1) is 27.2. The monoisotopic (exact) mass is 547 g/mol. The molecule has 2 amide bonds. The van der Waals surface area contributed by atoms with E-state index in [1.807, 2.05) is 62.4 Å². The maximum Gasteiger partial charge on any atom is 0.265 e. The molecule has 1 saturated carbocycles. The summed E-state index contributed by atoms with van der Waals surface area (Å²) in [6, 6.07) is 18.5. The molecule has 39 heavy (non-hydrogen) atoms. The largest absolute Gasteiger partial charge is 0.352 e. The number of aryl methyl sites for hydroxylation is 1. The summed E-state index contributed by atoms with van der Waals surface area (Å²) in [5, 5.41) is 4.80. The highest BCUT2D eigenvalue weighted by Gasteiger charge is 2.36. The van der Waals surface area contributed by atoms with Gasteiger partial charge in [-0.3, -0.25) is 13.9 Å². The number of amides is 2. The van der Waals surface area contributed by atoms with Crippen LogP contribution in [0.2, 0.25) is 0 Å². The van der Waals surface area contributed by atoms with Gasteiger partial charge >= 0.3 is 0 Å². The summed E-state index contributed by atoms with van der Waals surface area (Å²) in [6.07, 6.45) is 5.20. The van der Waals surface area contributed by atoms with Gasteiger partial charge in [0.15, 0.2) is 0 Å². The van der Waals surface area contributed by atoms with E-state index in [-0.39, 0.29) is 30.8 Å². The lowest BCUT2D eigenvalue weighted by Gasteiger charge is -2.32. The van der Waals surface area contributed by atoms with E-state index in [0.29, 0.717) is 30.0 Å². The molecule has 206 valence electrons. The Labute approximate surface area is 231 Å². The lowest BCUT2D eigenvalue weighted by atomic mass is 10.1. The van der Waals surface area contributed by atoms with Gasteiger partial charge in [0.25, 0.3) is 10.0 Å². The molecule has 7 nitrogen and oxygen atoms in total. The SMILES string of the molecule is CC[C@H](C(=O)NC1CCCC1)N(Cc1cccc(C)c1)C(=O)CCCN1c2cccc3cccc(c23)S1(=O)=O. The van der Waals surface area contributed by atoms with E-state index >= 15 is 0 Å². The van der Waals surface area contributed by atoms with Gasteiger partial charge in [0.1, 0.15) is 6.04 Å². The zero-order chi connectivity index (χ0) is 27.6. The van der Waals surface area contributed by atoms with Gasteiger partial charge in [-0.1, -0.05) is 73.9 Å². The van der Waals surface area contributed by atoms with E-state index in [9.17, 15) is 18.0 Å². The molecule has 8 heteroatoms. The summed E-state index contributed by atoms with van der Waals surface area (Å²) >= 11 is 0. The Hall–Kier alpha value is -3.39. The summed E-state index contributed by atoms with van der Waals surface area (Å²) in [4.78, 5) is 29.0. The van der Waals surface area contributed by atoms with Crippen molar-refractivity contribution in [1.29, 1.82) is 0 Å². The Kier molecular flexibility index (Phi) is 7.93. The number of sulfonamides is 1. The predicted molar refractivity (Wildman–Crippen MR) is 154 cm³/mol. The van der Waals surface area contributed by atoms with Gasteiger partial charge in [-0.25, -0.2) is 8.42 Å². The third kappa shape index (κ3) is 5.53. The number of nitrogens with one attached hydrogen (secondary N) is 1. The van der Waals surface area contributed by atoms with E-state index in [0.717, 1.165) is 47.6 Å². The Bertz CT molecular complexity index is 1470. The fourth-order valence-corrected chi connectivity index (χ4v) is 7.76. The molecule has 2 aliphatic rings. The lowest BCUT2D eigenvalue weighted by Crippen LogP contribution is -2.51. The zero-order valence-corrected chi connectivity index (χ0v) is 23.5. The molecule has 0 spiro atoms. The van der Waals surface area contributed by atoms with Gasteiger partial charge in [0.2, 0.25) is 11.8 Å². The molecule has 5 rings (SSSR count). The van der Waals surface area contributed by atoms with Gasteiger partial charge in [0, 0.05) is 30.9 Å². The second-order valence-electron chi connectivity index (χ2n) is 10.7. The van der Waals surface area contributed by atoms with Crippen molar-refractivity contribution in [3.05, 3.63) is 71.8 Å². The maximum absolute atomic E-state index is 13.7. The molecule has 0 unspecified atom stereocenters. The molecule has 3 aromatic carbocycles. The highest BCUT2D eigenvalue weighted by Crippen LogP contribution is 2.42. The van der Waals surface area contributed by atoms with Crippen LogP contribution in [0.5, 0.6) is 0 Å². The molecule has 1 heterocycles. The maximum atomic E-state index is 13.7. The van der Waals surface area contributed by atoms with Crippen molar-refractivity contribution in [3.63, 3.8) is 0 Å². The summed E-state index contributed by atoms with van der Waals surface area (Å²) in [5.41, 5.74) is 2.73. The topological polar surface area (TPSA) is 86.8 Å². The third-order valence-corrected chi connectivity index (χ3v) is 9.81. The number of rotatable bonds is 10. The van der Waals surface area contributed by atoms with E-state index in [4.69, 9.17) is 0 Å². The van der Waals surface area contributed by atoms with Crippen LogP contribution in [-0.2, 0) is 26.2 Å². The number of hydrogen-bond donors (Lipinski definition) is 1. The Balaban J connectivity index is 1.32. The van der Waals surface area contributed by atoms with Crippen LogP contribution in [0, 0.1) is 6.92 Å². The highest BCUT2D eigenvalue weighted by molar-refractivity contribution is 7.93. The molecule has 1 atom stereocenters. The molecule has 3 aromatic rings. The second-order valence-corrected chi connectivity index (χ2v) is 12.6. The van der Waals surface area contributed by atoms with Crippen LogP contribution in [-0.4, -0.2) is 43.8 Å². The Morgan fingerprint density at radius 2 is 1.77 bits per heavy atom. The minimum Gasteiger partial charge on any atom is -0.352 e. The molecular weight excluding hydrogens is 510 g/mol. The van der Waals surface area contributed by atoms with Gasteiger partial charge in [-0.05, 0) is 55.7 Å². The van der Waals surface area contributed by atoms with Crippen LogP contribution >= 0.6 is 0 Å². The van der Waals surface area contributed by atoms with Gasteiger partial charge in [-0.15, -0.1) is 0 Å². The number of hydrogen-bond acceptors (Lipinski definition) is 4. The van der Waals surface area contributed by atoms with Crippen LogP contribution in [0.4, 0.5) is 5.69 Å². The average Bonchev–Trinajstić information content (AvgIpc) is 3.50. The predicted octanol–water partition coefficient (Wildman–Crippen LogP) is 5.30. The van der Waals surface area contributed by atoms with Crippen molar-refractivity contribution in [3.8, 4) is 0 Å². The van der Waals surface area contributed by atoms with Crippen molar-refractivity contribution in [1.82, 2.24) is 10.2 Å². The fraction of sp³-hybridized carbons (Fsp3) is 0.419. The molecular formula is C31H37N3O4S. The number of nitrogens with zero attached hydrogens (tertiary/aromatic N) is 2. The molecule has 0 bridgehead atoms. The fourth-order valence-electron chi connectivity index (χ4n) is 6.01. The number of carbonyl (C=O) groups is 2. The van der Waals surface area contributed by atoms with Gasteiger partial charge < -0.3 is 10.2 Å². The average molecular weight is 548 g/mol. The molecule has 1 N–H and O–H groups in total. The van der Waals surface area contributed by atoms with Crippen LogP contribution < -0.4 is 9.62 Å². The number of benzene rings is 3. The molecule has 0 aromatic heterocycles. The summed E-state index contributed by atoms with van der Waals surface area (Å²) in [6.45, 7) is 4.48. The van der Waals surface area contributed by atoms with Crippen molar-refractivity contribution >= 4 is 38.3 Å². The van der Waals surface area contributed by atoms with Crippen molar-refractivity contribution in [2.75, 3.05) is 10.8 Å². The first-order valence-electron chi connectivity index (χ1n) is 14.0. The molecule has 1 aliphatic carbocycles. The molecule has 0 radical (unpaired) electrons. The van der Waals surface area contributed by atoms with Crippen LogP contribution in [0.25, 0.3) is 10.8 Å². The zero-order valence-electron chi connectivity index (χ0n) is 22.7. The highest BCUT2D eigenvalue weighted by atomic mass is 32.2. The van der Waals surface area contributed by atoms with Crippen molar-refractivity contribution in [2.45, 2.75) is 82.3 Å². The van der Waals surface area contributed by atoms with Gasteiger partial charge in [-0.2, -0.15) is 0 Å². The molecule has 0 saturated heterocycles. The molecule has 1 aliphatic heterocycles. The minimum absolute atomic E-state index is 0.102. The number of anilines is 1. The Morgan fingerprint density at radius 3 is 2.49 bits per heavy atom. The summed E-state index contributed by atoms with van der Waals surface area (Å²) < 4.78 is 28.1. The summed E-state index contributed by atoms with van der Waals surface area (Å²) in [5.74, 6) is -0.244. The van der Waals surface area contributed by atoms with E-state index in [1.165, 1.54) is 4.31 Å². The second kappa shape index (κ2) is 11.4. The van der Waals surface area contributed by atoms with Crippen LogP contribution in [0.1, 0.15) is 63.0 Å². The molecule has 1 fully saturated rings. The lowest BCUT2D eigenvalue weighted by molar-refractivity contribution is -0.141. The van der Waals surface area contributed by atoms with Crippen molar-refractivity contribution in [2.24, 2.45) is 0 Å². The quantitative estimate of drug-likeness (QED) is 0.373. The smallest absolute Gasteiger partial charge is 0.265 e. The van der Waals surface area contributed by atoms with Gasteiger partial charge in [0.05, 0.1) is 10.6 Å². The standard InChI is InChI=1S/C31H37N3O4S/c1-3-26(31(36)32-25-14-4-5-15-25)33(21-23-11-6-10-22(2)20-23)29(35)18-9-19-34-27-16-7-12-24-13-8-17-28(30(24)27)39(34,37)38/h6-8,10-13,16-17,20,25-26H,3-5,9,14-15,18-19,21H2,1-2H3,(H,32,36)/t26-/m1/s1. The summed E-state index contributed by atoms with van der Waals surface area (Å²) in [7, 11) is -3.67. The third-order valence-electron chi connectivity index (χ3n) is 7.96. The van der Waals surface area contributed by atoms with E-state index in [2.05, 4.69) is 5.32 Å². The van der Waals surface area contributed by atoms with Crippen LogP contribution in [0.15, 0.2) is 65.6 Å². The Morgan fingerprint density at radius 1 is 1.05 bits per heavy atom.